The van der Waals surface area contributed by atoms with E-state index in [0.717, 1.165) is 11.7 Å². The van der Waals surface area contributed by atoms with E-state index in [1.807, 2.05) is 12.1 Å². The van der Waals surface area contributed by atoms with Crippen LogP contribution in [0.5, 0.6) is 0 Å². The molecule has 148 valence electrons. The zero-order chi connectivity index (χ0) is 19.1. The van der Waals surface area contributed by atoms with Crippen LogP contribution < -0.4 is 0 Å². The highest BCUT2D eigenvalue weighted by Crippen LogP contribution is 2.49. The van der Waals surface area contributed by atoms with Crippen molar-refractivity contribution < 1.29 is 23.8 Å². The van der Waals surface area contributed by atoms with Crippen LogP contribution in [0.1, 0.15) is 25.0 Å². The van der Waals surface area contributed by atoms with Gasteiger partial charge >= 0.3 is 11.9 Å². The van der Waals surface area contributed by atoms with Gasteiger partial charge < -0.3 is 21.6 Å². The Morgan fingerprint density at radius 1 is 1.00 bits per heavy atom. The highest BCUT2D eigenvalue weighted by atomic mass is 31.2. The quantitative estimate of drug-likeness (QED) is 0.368. The smallest absolute Gasteiger partial charge is 0.317 e. The summed E-state index contributed by atoms with van der Waals surface area (Å²) < 4.78 is 15.5. The second-order valence-electron chi connectivity index (χ2n) is 7.61. The van der Waals surface area contributed by atoms with E-state index in [2.05, 4.69) is 32.1 Å². The summed E-state index contributed by atoms with van der Waals surface area (Å²) in [6.45, 7) is 10.1. The first-order chi connectivity index (χ1) is 11.6. The van der Waals surface area contributed by atoms with Crippen molar-refractivity contribution in [3.63, 3.8) is 0 Å². The van der Waals surface area contributed by atoms with E-state index in [9.17, 15) is 9.59 Å². The van der Waals surface area contributed by atoms with Crippen LogP contribution in [0.3, 0.4) is 0 Å². The lowest BCUT2D eigenvalue weighted by molar-refractivity contribution is -0.167. The minimum Gasteiger partial charge on any atom is -0.465 e. The summed E-state index contributed by atoms with van der Waals surface area (Å²) in [5.41, 5.74) is 1.21. The molecule has 0 saturated carbocycles. The summed E-state index contributed by atoms with van der Waals surface area (Å²) in [6.07, 6.45) is 1.10. The maximum absolute atomic E-state index is 12.4. The lowest BCUT2D eigenvalue weighted by Crippen LogP contribution is -2.39. The number of methoxy groups -OCH3 is 1. The Morgan fingerprint density at radius 2 is 1.54 bits per heavy atom. The molecule has 0 spiro atoms. The van der Waals surface area contributed by atoms with E-state index in [0.29, 0.717) is 0 Å². The normalized spacial score (nSPS) is 13.3. The molecule has 5 nitrogen and oxygen atoms in total. The van der Waals surface area contributed by atoms with Gasteiger partial charge in [0.15, 0.2) is 0 Å². The van der Waals surface area contributed by atoms with Crippen LogP contribution in [0.15, 0.2) is 24.3 Å². The van der Waals surface area contributed by atoms with Gasteiger partial charge in [0.1, 0.15) is 18.6 Å². The summed E-state index contributed by atoms with van der Waals surface area (Å²) >= 11 is 0. The first kappa shape index (κ1) is 24.6. The van der Waals surface area contributed by atoms with Gasteiger partial charge in [-0.3, -0.25) is 9.59 Å². The monoisotopic (exact) mass is 384 g/mol. The van der Waals surface area contributed by atoms with Crippen molar-refractivity contribution in [2.24, 2.45) is 5.41 Å². The van der Waals surface area contributed by atoms with Crippen molar-refractivity contribution in [1.29, 1.82) is 0 Å². The topological polar surface area (TPSA) is 61.8 Å². The zero-order valence-electron chi connectivity index (χ0n) is 17.1. The predicted molar refractivity (Wildman–Crippen MR) is 108 cm³/mol. The number of hydrogen-bond donors (Lipinski definition) is 0. The second kappa shape index (κ2) is 10.6. The van der Waals surface area contributed by atoms with Crippen molar-refractivity contribution in [2.75, 3.05) is 40.3 Å². The molecule has 0 amide bonds. The van der Waals surface area contributed by atoms with Gasteiger partial charge in [0.2, 0.25) is 0 Å². The van der Waals surface area contributed by atoms with Crippen molar-refractivity contribution in [3.8, 4) is 0 Å². The van der Waals surface area contributed by atoms with Crippen LogP contribution in [0.4, 0.5) is 0 Å². The predicted octanol–water partition coefficient (Wildman–Crippen LogP) is 3.80. The molecule has 0 aliphatic rings. The fraction of sp³-hybridized carbons (Fsp3) is 0.550. The molecule has 1 atom stereocenters. The Balaban J connectivity index is 0.00000625. The minimum atomic E-state index is -1.02. The molecule has 1 aromatic carbocycles. The average Bonchev–Trinajstić information content (AvgIpc) is 2.51. The van der Waals surface area contributed by atoms with Crippen molar-refractivity contribution in [2.45, 2.75) is 26.6 Å². The van der Waals surface area contributed by atoms with Crippen molar-refractivity contribution in [1.82, 2.24) is 0 Å². The minimum absolute atomic E-state index is 0. The van der Waals surface area contributed by atoms with E-state index in [4.69, 9.17) is 14.2 Å². The molecule has 0 aliphatic heterocycles. The van der Waals surface area contributed by atoms with Gasteiger partial charge in [-0.1, -0.05) is 24.3 Å². The van der Waals surface area contributed by atoms with Crippen LogP contribution in [0.2, 0.25) is 0 Å². The molecule has 1 rings (SSSR count). The molecule has 0 aliphatic carbocycles. The van der Waals surface area contributed by atoms with Crippen LogP contribution in [-0.2, 0) is 36.6 Å². The third-order valence-electron chi connectivity index (χ3n) is 3.60. The molecule has 6 heteroatoms. The maximum Gasteiger partial charge on any atom is 0.317 e. The summed E-state index contributed by atoms with van der Waals surface area (Å²) in [6, 6.07) is 8.14. The highest BCUT2D eigenvalue weighted by Gasteiger charge is 2.36. The molecule has 1 unspecified atom stereocenters. The molecule has 0 saturated heterocycles. The third kappa shape index (κ3) is 8.77. The lowest BCUT2D eigenvalue weighted by Gasteiger charge is -2.25. The fourth-order valence-corrected chi connectivity index (χ4v) is 3.66. The first-order valence-electron chi connectivity index (χ1n) is 8.23. The summed E-state index contributed by atoms with van der Waals surface area (Å²) in [4.78, 5) is 23.4. The zero-order valence-corrected chi connectivity index (χ0v) is 18.0. The third-order valence-corrected chi connectivity index (χ3v) is 4.91. The molecular formula is C20H33O5P. The Labute approximate surface area is 158 Å². The Kier molecular flexibility index (Phi) is 10.0. The molecule has 0 fully saturated rings. The maximum atomic E-state index is 12.4. The average molecular weight is 384 g/mol. The van der Waals surface area contributed by atoms with Gasteiger partial charge in [0, 0.05) is 41.3 Å². The van der Waals surface area contributed by atoms with Gasteiger partial charge in [0.25, 0.3) is 0 Å². The molecule has 1 aromatic rings. The molecule has 0 aromatic heterocycles. The summed E-state index contributed by atoms with van der Waals surface area (Å²) in [5, 5.41) is 0. The molecule has 26 heavy (non-hydrogen) atoms. The molecule has 0 heterocycles. The number of esters is 2. The molecule has 0 bridgehead atoms. The number of carbonyl (C=O) groups is 2. The largest absolute Gasteiger partial charge is 0.465 e. The van der Waals surface area contributed by atoms with E-state index in [1.54, 1.807) is 6.92 Å². The number of benzene rings is 1. The van der Waals surface area contributed by atoms with Crippen LogP contribution in [0, 0.1) is 12.8 Å². The van der Waals surface area contributed by atoms with Gasteiger partial charge in [-0.2, -0.15) is 0 Å². The van der Waals surface area contributed by atoms with E-state index in [1.165, 1.54) is 19.6 Å². The summed E-state index contributed by atoms with van der Waals surface area (Å²) in [5.74, 6) is -0.882. The molecular weight excluding hydrogens is 351 g/mol. The first-order valence-corrected chi connectivity index (χ1v) is 11.5. The van der Waals surface area contributed by atoms with E-state index >= 15 is 0 Å². The number of ether oxygens (including phenoxy) is 3. The van der Waals surface area contributed by atoms with Gasteiger partial charge in [-0.05, 0) is 18.1 Å². The Bertz CT molecular complexity index is 577. The number of rotatable bonds is 9. The highest BCUT2D eigenvalue weighted by molar-refractivity contribution is 7.72. The lowest BCUT2D eigenvalue weighted by atomic mass is 9.93. The SMILES string of the molecule is COCC(C)(COC(C)=O)C(=O)OCc1ccc(C[P+](C)(C)C)cc1.[CH3-]. The standard InChI is InChI=1S/C19H30O5P.CH3/c1-15(20)24-14-19(2,13-22-3)18(21)23-11-16-7-9-17(10-8-16)12-25(4,5)6;/h7-10H,11-14H2,1-6H3;1H3/q+1;-1. The van der Waals surface area contributed by atoms with Gasteiger partial charge in [-0.25, -0.2) is 0 Å². The molecule has 0 radical (unpaired) electrons. The number of carbonyl (C=O) groups excluding carboxylic acids is 2. The van der Waals surface area contributed by atoms with Gasteiger partial charge in [-0.15, -0.1) is 0 Å². The number of hydrogen-bond acceptors (Lipinski definition) is 5. The van der Waals surface area contributed by atoms with Crippen LogP contribution in [0.25, 0.3) is 0 Å². The second-order valence-corrected chi connectivity index (χ2v) is 12.5. The van der Waals surface area contributed by atoms with Crippen molar-refractivity contribution in [3.05, 3.63) is 42.8 Å². The van der Waals surface area contributed by atoms with Crippen LogP contribution >= 0.6 is 7.26 Å². The fourth-order valence-electron chi connectivity index (χ4n) is 2.35. The van der Waals surface area contributed by atoms with E-state index in [-0.39, 0.29) is 27.2 Å². The summed E-state index contributed by atoms with van der Waals surface area (Å²) in [7, 11) is 0.626. The Morgan fingerprint density at radius 3 is 2.00 bits per heavy atom. The molecule has 0 N–H and O–H groups in total. The Hall–Kier alpha value is -1.45. The van der Waals surface area contributed by atoms with E-state index < -0.39 is 24.6 Å². The van der Waals surface area contributed by atoms with Crippen molar-refractivity contribution >= 4 is 19.2 Å². The van der Waals surface area contributed by atoms with Gasteiger partial charge in [0.05, 0.1) is 12.8 Å². The van der Waals surface area contributed by atoms with Crippen LogP contribution in [-0.4, -0.2) is 52.3 Å².